The minimum atomic E-state index is -3.61. The van der Waals surface area contributed by atoms with E-state index in [9.17, 15) is 14.2 Å². The number of anilines is 2. The lowest BCUT2D eigenvalue weighted by Gasteiger charge is -2.27. The van der Waals surface area contributed by atoms with Crippen LogP contribution in [0.25, 0.3) is 11.2 Å². The molecule has 0 bridgehead atoms. The molecular formula is C25H43N8O6P. The van der Waals surface area contributed by atoms with Gasteiger partial charge in [-0.2, -0.15) is 9.97 Å². The van der Waals surface area contributed by atoms with Gasteiger partial charge in [0.25, 0.3) is 0 Å². The Morgan fingerprint density at radius 3 is 2.52 bits per heavy atom. The molecule has 0 spiro atoms. The molecule has 1 saturated carbocycles. The summed E-state index contributed by atoms with van der Waals surface area (Å²) in [5.41, 5.74) is 7.10. The molecule has 14 nitrogen and oxygen atoms in total. The summed E-state index contributed by atoms with van der Waals surface area (Å²) in [5, 5.41) is 9.03. The fourth-order valence-corrected chi connectivity index (χ4v) is 5.92. The molecule has 1 aliphatic carbocycles. The van der Waals surface area contributed by atoms with Crippen molar-refractivity contribution in [2.45, 2.75) is 90.9 Å². The molecule has 15 heteroatoms. The number of esters is 2. The van der Waals surface area contributed by atoms with Gasteiger partial charge in [0.2, 0.25) is 13.4 Å². The first-order valence-electron chi connectivity index (χ1n) is 14.0. The molecule has 1 fully saturated rings. The first-order valence-corrected chi connectivity index (χ1v) is 15.9. The zero-order valence-corrected chi connectivity index (χ0v) is 24.7. The van der Waals surface area contributed by atoms with E-state index in [0.29, 0.717) is 42.4 Å². The van der Waals surface area contributed by atoms with Crippen molar-refractivity contribution in [3.8, 4) is 0 Å². The number of nitrogens with one attached hydrogen (secondary N) is 3. The van der Waals surface area contributed by atoms with E-state index in [1.807, 2.05) is 13.8 Å². The number of nitrogens with two attached hydrogens (primary N) is 1. The van der Waals surface area contributed by atoms with Gasteiger partial charge >= 0.3 is 11.9 Å². The van der Waals surface area contributed by atoms with E-state index >= 15 is 0 Å². The van der Waals surface area contributed by atoms with Crippen LogP contribution in [0.5, 0.6) is 0 Å². The van der Waals surface area contributed by atoms with Crippen molar-refractivity contribution in [2.24, 2.45) is 0 Å². The van der Waals surface area contributed by atoms with Gasteiger partial charge in [0, 0.05) is 12.6 Å². The van der Waals surface area contributed by atoms with Crippen LogP contribution in [0.3, 0.4) is 0 Å². The minimum absolute atomic E-state index is 0.136. The van der Waals surface area contributed by atoms with E-state index < -0.39 is 31.5 Å². The molecule has 0 saturated heterocycles. The lowest BCUT2D eigenvalue weighted by atomic mass is 10.2. The maximum Gasteiger partial charge on any atom is 0.323 e. The van der Waals surface area contributed by atoms with Crippen LogP contribution in [-0.2, 0) is 34.9 Å². The van der Waals surface area contributed by atoms with Gasteiger partial charge in [-0.05, 0) is 39.0 Å². The van der Waals surface area contributed by atoms with Crippen molar-refractivity contribution in [1.29, 1.82) is 0 Å². The highest BCUT2D eigenvalue weighted by Gasteiger charge is 2.33. The van der Waals surface area contributed by atoms with Crippen LogP contribution in [0, 0.1) is 0 Å². The molecule has 40 heavy (non-hydrogen) atoms. The molecule has 3 unspecified atom stereocenters. The molecule has 224 valence electrons. The molecule has 2 aromatic heterocycles. The van der Waals surface area contributed by atoms with Crippen LogP contribution in [0.1, 0.15) is 66.2 Å². The molecule has 1 aliphatic rings. The summed E-state index contributed by atoms with van der Waals surface area (Å²) in [6.45, 7) is 8.27. The summed E-state index contributed by atoms with van der Waals surface area (Å²) in [7, 11) is -3.61. The first-order chi connectivity index (χ1) is 19.2. The lowest BCUT2D eigenvalue weighted by Crippen LogP contribution is -2.44. The van der Waals surface area contributed by atoms with Gasteiger partial charge in [-0.25, -0.2) is 15.2 Å². The van der Waals surface area contributed by atoms with E-state index in [1.54, 1.807) is 24.7 Å². The van der Waals surface area contributed by atoms with Crippen LogP contribution in [-0.4, -0.2) is 75.8 Å². The van der Waals surface area contributed by atoms with E-state index in [4.69, 9.17) is 19.9 Å². The molecule has 0 aliphatic heterocycles. The molecular weight excluding hydrogens is 539 g/mol. The van der Waals surface area contributed by atoms with Crippen molar-refractivity contribution < 1.29 is 28.4 Å². The Hall–Kier alpha value is -2.80. The van der Waals surface area contributed by atoms with Crippen molar-refractivity contribution >= 4 is 42.3 Å². The highest BCUT2D eigenvalue weighted by molar-refractivity contribution is 7.59. The molecule has 0 radical (unpaired) electrons. The minimum Gasteiger partial charge on any atom is -0.465 e. The van der Waals surface area contributed by atoms with Crippen LogP contribution in [0.4, 0.5) is 11.8 Å². The number of carbonyl (C=O) groups excluding carboxylic acids is 2. The predicted octanol–water partition coefficient (Wildman–Crippen LogP) is 2.79. The van der Waals surface area contributed by atoms with Gasteiger partial charge < -0.3 is 29.8 Å². The summed E-state index contributed by atoms with van der Waals surface area (Å²) >= 11 is 0. The van der Waals surface area contributed by atoms with Crippen LogP contribution in [0.15, 0.2) is 6.33 Å². The normalized spacial score (nSPS) is 16.3. The van der Waals surface area contributed by atoms with E-state index in [2.05, 4.69) is 30.4 Å². The van der Waals surface area contributed by atoms with Gasteiger partial charge in [-0.1, -0.05) is 27.2 Å². The number of hydrogen-bond acceptors (Lipinski definition) is 11. The number of carbonyl (C=O) groups is 2. The third kappa shape index (κ3) is 9.39. The maximum atomic E-state index is 13.9. The summed E-state index contributed by atoms with van der Waals surface area (Å²) in [6, 6.07) is -1.36. The number of imidazole rings is 1. The SMILES string of the molecule is CCCCOC(=O)C(C)NP(=O)(COCCn1cnc2c(NC3CC3)nc(N)nc21)NC(CC)C(=O)OCCC. The zero-order valence-electron chi connectivity index (χ0n) is 23.9. The number of nitrogens with zero attached hydrogens (tertiary/aromatic N) is 4. The first kappa shape index (κ1) is 31.7. The average Bonchev–Trinajstić information content (AvgIpc) is 3.65. The number of nitrogen functional groups attached to an aromatic ring is 1. The fourth-order valence-electron chi connectivity index (χ4n) is 3.79. The Morgan fingerprint density at radius 2 is 1.85 bits per heavy atom. The summed E-state index contributed by atoms with van der Waals surface area (Å²) in [6.07, 6.45) is 6.11. The number of unbranched alkanes of at least 4 members (excludes halogenated alkanes) is 1. The topological polar surface area (TPSA) is 185 Å². The van der Waals surface area contributed by atoms with Crippen molar-refractivity contribution in [3.05, 3.63) is 6.33 Å². The van der Waals surface area contributed by atoms with Gasteiger partial charge in [0.05, 0.1) is 26.1 Å². The third-order valence-electron chi connectivity index (χ3n) is 6.15. The van der Waals surface area contributed by atoms with Crippen LogP contribution < -0.4 is 21.2 Å². The smallest absolute Gasteiger partial charge is 0.323 e. The molecule has 2 heterocycles. The van der Waals surface area contributed by atoms with Gasteiger partial charge in [0.1, 0.15) is 18.4 Å². The number of aromatic nitrogens is 4. The van der Waals surface area contributed by atoms with Gasteiger partial charge in [-0.15, -0.1) is 0 Å². The second kappa shape index (κ2) is 15.3. The molecule has 0 amide bonds. The molecule has 3 atom stereocenters. The Balaban J connectivity index is 1.66. The molecule has 5 N–H and O–H groups in total. The average molecular weight is 583 g/mol. The Labute approximate surface area is 235 Å². The van der Waals surface area contributed by atoms with E-state index in [1.165, 1.54) is 0 Å². The quantitative estimate of drug-likeness (QED) is 0.108. The second-order valence-corrected chi connectivity index (χ2v) is 12.1. The number of ether oxygens (including phenoxy) is 3. The molecule has 3 rings (SSSR count). The summed E-state index contributed by atoms with van der Waals surface area (Å²) < 4.78 is 32.1. The van der Waals surface area contributed by atoms with E-state index in [-0.39, 0.29) is 32.1 Å². The number of hydrogen-bond donors (Lipinski definition) is 4. The monoisotopic (exact) mass is 582 g/mol. The highest BCUT2D eigenvalue weighted by atomic mass is 31.2. The Kier molecular flexibility index (Phi) is 12.1. The number of fused-ring (bicyclic) bond motifs is 1. The Bertz CT molecular complexity index is 1170. The summed E-state index contributed by atoms with van der Waals surface area (Å²) in [4.78, 5) is 38.0. The standard InChI is InChI=1S/C25H43N8O6P/c1-5-8-13-39-23(34)17(4)31-40(36,32-19(7-3)24(35)38-12-6-2)16-37-14-11-33-15-27-20-21(28-18-9-10-18)29-25(26)30-22(20)33/h15,17-19H,5-14,16H2,1-4H3,(H2,31,32,36)(H3,26,28,29,30). The van der Waals surface area contributed by atoms with Gasteiger partial charge in [0.15, 0.2) is 17.0 Å². The fraction of sp³-hybridized carbons (Fsp3) is 0.720. The van der Waals surface area contributed by atoms with Crippen LogP contribution in [0.2, 0.25) is 0 Å². The summed E-state index contributed by atoms with van der Waals surface area (Å²) in [5.74, 6) is -0.309. The second-order valence-electron chi connectivity index (χ2n) is 9.87. The molecule has 0 aromatic carbocycles. The van der Waals surface area contributed by atoms with Crippen molar-refractivity contribution in [1.82, 2.24) is 29.7 Å². The lowest BCUT2D eigenvalue weighted by molar-refractivity contribution is -0.146. The molecule has 2 aromatic rings. The predicted molar refractivity (Wildman–Crippen MR) is 152 cm³/mol. The highest BCUT2D eigenvalue weighted by Crippen LogP contribution is 2.38. The maximum absolute atomic E-state index is 13.9. The largest absolute Gasteiger partial charge is 0.465 e. The van der Waals surface area contributed by atoms with E-state index in [0.717, 1.165) is 25.7 Å². The Morgan fingerprint density at radius 1 is 1.10 bits per heavy atom. The van der Waals surface area contributed by atoms with Crippen LogP contribution >= 0.6 is 7.44 Å². The number of rotatable bonds is 19. The third-order valence-corrected chi connectivity index (χ3v) is 8.23. The van der Waals surface area contributed by atoms with Gasteiger partial charge in [-0.3, -0.25) is 14.2 Å². The van der Waals surface area contributed by atoms with Crippen molar-refractivity contribution in [3.63, 3.8) is 0 Å². The zero-order chi connectivity index (χ0) is 29.1. The van der Waals surface area contributed by atoms with Crippen molar-refractivity contribution in [2.75, 3.05) is 37.2 Å².